The fourth-order valence-electron chi connectivity index (χ4n) is 1.44. The van der Waals surface area contributed by atoms with Gasteiger partial charge in [-0.1, -0.05) is 0 Å². The molecule has 8 nitrogen and oxygen atoms in total. The highest BCUT2D eigenvalue weighted by Gasteiger charge is 2.10. The number of sulfonamides is 1. The van der Waals surface area contributed by atoms with Crippen LogP contribution in [0.1, 0.15) is 0 Å². The Labute approximate surface area is 120 Å². The molecule has 0 fully saturated rings. The minimum atomic E-state index is -3.98. The van der Waals surface area contributed by atoms with Crippen molar-refractivity contribution in [3.63, 3.8) is 0 Å². The molecule has 0 heterocycles. The van der Waals surface area contributed by atoms with Gasteiger partial charge in [0.05, 0.1) is 16.3 Å². The van der Waals surface area contributed by atoms with Crippen molar-refractivity contribution in [2.75, 3.05) is 5.73 Å². The quantitative estimate of drug-likeness (QED) is 0.399. The number of benzene rings is 2. The Morgan fingerprint density at radius 3 is 1.86 bits per heavy atom. The minimum absolute atomic E-state index is 0.105. The maximum Gasteiger partial charge on any atom is 0.264 e. The molecule has 0 saturated heterocycles. The summed E-state index contributed by atoms with van der Waals surface area (Å²) in [5, 5.41) is 7.95. The molecule has 0 aromatic heterocycles. The van der Waals surface area contributed by atoms with Gasteiger partial charge in [-0.15, -0.1) is 0 Å². The third kappa shape index (κ3) is 3.78. The molecule has 9 heteroatoms. The van der Waals surface area contributed by atoms with E-state index in [1.54, 1.807) is 24.3 Å². The number of hydrogen-bond donors (Lipinski definition) is 1. The van der Waals surface area contributed by atoms with Crippen molar-refractivity contribution in [3.05, 3.63) is 59.0 Å². The van der Waals surface area contributed by atoms with E-state index in [9.17, 15) is 8.42 Å². The van der Waals surface area contributed by atoms with Crippen LogP contribution in [0.2, 0.25) is 0 Å². The zero-order chi connectivity index (χ0) is 15.3. The Bertz CT molecular complexity index is 806. The molecule has 0 radical (unpaired) electrons. The van der Waals surface area contributed by atoms with Crippen LogP contribution in [0.15, 0.2) is 68.2 Å². The summed E-state index contributed by atoms with van der Waals surface area (Å²) < 4.78 is 25.7. The second kappa shape index (κ2) is 6.04. The van der Waals surface area contributed by atoms with Gasteiger partial charge in [0.25, 0.3) is 10.0 Å². The molecule has 0 bridgehead atoms. The van der Waals surface area contributed by atoms with Crippen LogP contribution in [-0.2, 0) is 10.0 Å². The lowest BCUT2D eigenvalue weighted by atomic mass is 10.3. The molecular formula is C12H10N6O2S. The fraction of sp³-hybridized carbons (Fsp3) is 0. The first-order valence-electron chi connectivity index (χ1n) is 5.70. The predicted molar refractivity (Wildman–Crippen MR) is 77.8 cm³/mol. The smallest absolute Gasteiger partial charge is 0.264 e. The van der Waals surface area contributed by atoms with Crippen molar-refractivity contribution >= 4 is 27.1 Å². The van der Waals surface area contributed by atoms with Crippen molar-refractivity contribution < 1.29 is 8.42 Å². The van der Waals surface area contributed by atoms with Gasteiger partial charge in [-0.05, 0) is 54.1 Å². The van der Waals surface area contributed by atoms with E-state index >= 15 is 0 Å². The van der Waals surface area contributed by atoms with Gasteiger partial charge in [0, 0.05) is 15.1 Å². The Morgan fingerprint density at radius 2 is 1.38 bits per heavy atom. The number of nitrogens with two attached hydrogens (primary N) is 1. The van der Waals surface area contributed by atoms with Gasteiger partial charge in [0.1, 0.15) is 0 Å². The lowest BCUT2D eigenvalue weighted by Gasteiger charge is -1.98. The second-order valence-electron chi connectivity index (χ2n) is 3.93. The molecule has 0 saturated carbocycles. The molecule has 2 aromatic carbocycles. The molecule has 0 atom stereocenters. The molecule has 106 valence electrons. The lowest BCUT2D eigenvalue weighted by Crippen LogP contribution is -1.93. The summed E-state index contributed by atoms with van der Waals surface area (Å²) >= 11 is 0. The molecule has 0 aliphatic carbocycles. The standard InChI is InChI=1S/C12H10N6O2S/c13-9-1-3-10(4-2-9)15-16-11-5-7-12(8-6-11)21(19,20)18-17-14/h1-8H,13H2. The zero-order valence-electron chi connectivity index (χ0n) is 10.7. The van der Waals surface area contributed by atoms with Crippen LogP contribution < -0.4 is 5.73 Å². The van der Waals surface area contributed by atoms with Gasteiger partial charge >= 0.3 is 0 Å². The molecule has 2 rings (SSSR count). The van der Waals surface area contributed by atoms with Crippen molar-refractivity contribution in [1.29, 1.82) is 0 Å². The van der Waals surface area contributed by atoms with E-state index < -0.39 is 10.0 Å². The van der Waals surface area contributed by atoms with Gasteiger partial charge in [-0.25, -0.2) is 8.42 Å². The summed E-state index contributed by atoms with van der Waals surface area (Å²) in [6.07, 6.45) is 0. The highest BCUT2D eigenvalue weighted by atomic mass is 32.2. The Morgan fingerprint density at radius 1 is 0.905 bits per heavy atom. The van der Waals surface area contributed by atoms with E-state index in [-0.39, 0.29) is 4.90 Å². The maximum atomic E-state index is 11.5. The van der Waals surface area contributed by atoms with Crippen molar-refractivity contribution in [2.45, 2.75) is 4.90 Å². The van der Waals surface area contributed by atoms with E-state index in [1.807, 2.05) is 0 Å². The minimum Gasteiger partial charge on any atom is -0.399 e. The monoisotopic (exact) mass is 302 g/mol. The first-order valence-corrected chi connectivity index (χ1v) is 7.14. The first kappa shape index (κ1) is 14.5. The lowest BCUT2D eigenvalue weighted by molar-refractivity contribution is 0.597. The predicted octanol–water partition coefficient (Wildman–Crippen LogP) is 3.68. The number of anilines is 1. The van der Waals surface area contributed by atoms with Crippen LogP contribution in [0, 0.1) is 0 Å². The molecule has 0 spiro atoms. The van der Waals surface area contributed by atoms with Crippen molar-refractivity contribution in [2.24, 2.45) is 14.7 Å². The van der Waals surface area contributed by atoms with Gasteiger partial charge in [-0.2, -0.15) is 10.2 Å². The molecule has 0 unspecified atom stereocenters. The van der Waals surface area contributed by atoms with Crippen molar-refractivity contribution in [3.8, 4) is 0 Å². The van der Waals surface area contributed by atoms with Crippen LogP contribution in [0.3, 0.4) is 0 Å². The second-order valence-corrected chi connectivity index (χ2v) is 5.52. The molecule has 0 aliphatic heterocycles. The summed E-state index contributed by atoms with van der Waals surface area (Å²) in [4.78, 5) is 2.17. The third-order valence-corrected chi connectivity index (χ3v) is 3.61. The van der Waals surface area contributed by atoms with Crippen LogP contribution in [0.5, 0.6) is 0 Å². The largest absolute Gasteiger partial charge is 0.399 e. The molecule has 21 heavy (non-hydrogen) atoms. The van der Waals surface area contributed by atoms with Crippen molar-refractivity contribution in [1.82, 2.24) is 0 Å². The number of azide groups is 1. The Balaban J connectivity index is 2.20. The summed E-state index contributed by atoms with van der Waals surface area (Å²) in [5.41, 5.74) is 15.4. The summed E-state index contributed by atoms with van der Waals surface area (Å²) in [5.74, 6) is 0. The van der Waals surface area contributed by atoms with Gasteiger partial charge < -0.3 is 5.73 Å². The summed E-state index contributed by atoms with van der Waals surface area (Å²) in [6, 6.07) is 12.3. The van der Waals surface area contributed by atoms with E-state index in [0.717, 1.165) is 0 Å². The molecule has 2 N–H and O–H groups in total. The van der Waals surface area contributed by atoms with E-state index in [2.05, 4.69) is 19.7 Å². The topological polar surface area (TPSA) is 134 Å². The third-order valence-electron chi connectivity index (χ3n) is 2.45. The SMILES string of the molecule is [N-]=[N+]=NS(=O)(=O)c1ccc(N=Nc2ccc(N)cc2)cc1. The molecule has 0 amide bonds. The van der Waals surface area contributed by atoms with E-state index in [1.165, 1.54) is 24.3 Å². The average molecular weight is 302 g/mol. The number of nitrogen functional groups attached to an aromatic ring is 1. The molecular weight excluding hydrogens is 292 g/mol. The Hall–Kier alpha value is -2.90. The van der Waals surface area contributed by atoms with Crippen LogP contribution in [0.4, 0.5) is 17.1 Å². The van der Waals surface area contributed by atoms with Crippen LogP contribution >= 0.6 is 0 Å². The highest BCUT2D eigenvalue weighted by molar-refractivity contribution is 7.90. The Kier molecular flexibility index (Phi) is 4.17. The first-order chi connectivity index (χ1) is 10.0. The normalized spacial score (nSPS) is 11.2. The zero-order valence-corrected chi connectivity index (χ0v) is 11.5. The van der Waals surface area contributed by atoms with Gasteiger partial charge in [-0.3, -0.25) is 0 Å². The number of rotatable bonds is 4. The van der Waals surface area contributed by atoms with E-state index in [4.69, 9.17) is 11.3 Å². The van der Waals surface area contributed by atoms with Crippen LogP contribution in [-0.4, -0.2) is 8.42 Å². The number of azo groups is 1. The summed E-state index contributed by atoms with van der Waals surface area (Å²) in [6.45, 7) is 0. The van der Waals surface area contributed by atoms with Crippen LogP contribution in [0.25, 0.3) is 10.4 Å². The van der Waals surface area contributed by atoms with Gasteiger partial charge in [0.2, 0.25) is 0 Å². The molecule has 2 aromatic rings. The number of nitrogens with zero attached hydrogens (tertiary/aromatic N) is 5. The fourth-order valence-corrected chi connectivity index (χ4v) is 2.11. The highest BCUT2D eigenvalue weighted by Crippen LogP contribution is 2.21. The number of hydrogen-bond acceptors (Lipinski definition) is 5. The van der Waals surface area contributed by atoms with Gasteiger partial charge in [0.15, 0.2) is 0 Å². The summed E-state index contributed by atoms with van der Waals surface area (Å²) in [7, 11) is -3.98. The maximum absolute atomic E-state index is 11.5. The van der Waals surface area contributed by atoms with E-state index in [0.29, 0.717) is 17.1 Å². The average Bonchev–Trinajstić information content (AvgIpc) is 2.47. The molecule has 0 aliphatic rings.